The van der Waals surface area contributed by atoms with E-state index < -0.39 is 34.4 Å². The van der Waals surface area contributed by atoms with Gasteiger partial charge in [0, 0.05) is 6.54 Å². The number of aromatic hydroxyl groups is 1. The minimum absolute atomic E-state index is 0.148. The normalized spacial score (nSPS) is 10.6. The highest BCUT2D eigenvalue weighted by atomic mass is 16.5. The maximum Gasteiger partial charge on any atom is 0.309 e. The van der Waals surface area contributed by atoms with Crippen molar-refractivity contribution in [3.8, 4) is 5.75 Å². The van der Waals surface area contributed by atoms with Crippen molar-refractivity contribution in [2.24, 2.45) is 0 Å². The quantitative estimate of drug-likeness (QED) is 0.489. The molecule has 0 unspecified atom stereocenters. The van der Waals surface area contributed by atoms with Crippen LogP contribution in [0.25, 0.3) is 6.08 Å². The van der Waals surface area contributed by atoms with Gasteiger partial charge in [-0.2, -0.15) is 0 Å². The monoisotopic (exact) mass is 379 g/mol. The summed E-state index contributed by atoms with van der Waals surface area (Å²) >= 11 is 0. The lowest BCUT2D eigenvalue weighted by Gasteiger charge is -2.02. The third kappa shape index (κ3) is 6.21. The van der Waals surface area contributed by atoms with E-state index in [2.05, 4.69) is 4.74 Å². The highest BCUT2D eigenvalue weighted by Gasteiger charge is 2.14. The predicted molar refractivity (Wildman–Crippen MR) is 95.6 cm³/mol. The first-order valence-corrected chi connectivity index (χ1v) is 8.20. The number of rotatable bonds is 9. The number of aromatic nitrogens is 1. The number of aldehydes is 1. The van der Waals surface area contributed by atoms with Gasteiger partial charge in [0.05, 0.1) is 37.7 Å². The lowest BCUT2D eigenvalue weighted by atomic mass is 10.2. The van der Waals surface area contributed by atoms with Gasteiger partial charge >= 0.3 is 11.9 Å². The van der Waals surface area contributed by atoms with Crippen LogP contribution >= 0.6 is 0 Å². The highest BCUT2D eigenvalue weighted by Crippen LogP contribution is 2.13. The van der Waals surface area contributed by atoms with Crippen LogP contribution in [0.5, 0.6) is 5.75 Å². The molecule has 0 amide bonds. The van der Waals surface area contributed by atoms with Crippen LogP contribution in [0.3, 0.4) is 0 Å². The molecule has 0 spiro atoms. The average molecular weight is 379 g/mol. The summed E-state index contributed by atoms with van der Waals surface area (Å²) in [5.74, 6) is -1.77. The zero-order chi connectivity index (χ0) is 20.4. The molecule has 0 aromatic carbocycles. The Morgan fingerprint density at radius 1 is 1.22 bits per heavy atom. The van der Waals surface area contributed by atoms with Crippen LogP contribution in [0.15, 0.2) is 21.7 Å². The molecule has 0 radical (unpaired) electrons. The van der Waals surface area contributed by atoms with Gasteiger partial charge in [0.2, 0.25) is 0 Å². The largest absolute Gasteiger partial charge is 0.507 e. The molecule has 27 heavy (non-hydrogen) atoms. The molecule has 0 bridgehead atoms. The molecule has 9 nitrogen and oxygen atoms in total. The van der Waals surface area contributed by atoms with Crippen LogP contribution in [0, 0.1) is 0 Å². The number of hydrogen-bond donors (Lipinski definition) is 1. The minimum Gasteiger partial charge on any atom is -0.507 e. The lowest BCUT2D eigenvalue weighted by molar-refractivity contribution is -0.143. The second-order valence-corrected chi connectivity index (χ2v) is 5.43. The van der Waals surface area contributed by atoms with E-state index in [1.165, 1.54) is 6.08 Å². The Morgan fingerprint density at radius 3 is 2.52 bits per heavy atom. The topological polar surface area (TPSA) is 129 Å². The number of methoxy groups -OCH3 is 1. The van der Waals surface area contributed by atoms with Gasteiger partial charge in [-0.05, 0) is 18.6 Å². The summed E-state index contributed by atoms with van der Waals surface area (Å²) in [4.78, 5) is 58.8. The Labute approximate surface area is 154 Å². The van der Waals surface area contributed by atoms with Gasteiger partial charge in [0.1, 0.15) is 5.75 Å². The van der Waals surface area contributed by atoms with Crippen LogP contribution in [0.4, 0.5) is 0 Å². The van der Waals surface area contributed by atoms with Gasteiger partial charge in [-0.1, -0.05) is 13.0 Å². The highest BCUT2D eigenvalue weighted by molar-refractivity contribution is 5.76. The Hall–Kier alpha value is -3.23. The summed E-state index contributed by atoms with van der Waals surface area (Å²) in [5.41, 5.74) is -2.60. The number of esters is 2. The van der Waals surface area contributed by atoms with Crippen molar-refractivity contribution < 1.29 is 29.0 Å². The van der Waals surface area contributed by atoms with Gasteiger partial charge in [-0.25, -0.2) is 0 Å². The lowest BCUT2D eigenvalue weighted by Crippen LogP contribution is -2.33. The molecule has 146 valence electrons. The predicted octanol–water partition coefficient (Wildman–Crippen LogP) is 0.646. The van der Waals surface area contributed by atoms with Crippen LogP contribution in [-0.4, -0.2) is 41.6 Å². The molecule has 0 saturated heterocycles. The Balaban J connectivity index is 3.31. The van der Waals surface area contributed by atoms with Gasteiger partial charge in [0.25, 0.3) is 11.1 Å². The average Bonchev–Trinajstić information content (AvgIpc) is 2.74. The van der Waals surface area contributed by atoms with E-state index in [0.717, 1.165) is 19.3 Å². The number of hydrogen-bond acceptors (Lipinski definition) is 8. The molecule has 0 fully saturated rings. The van der Waals surface area contributed by atoms with Crippen molar-refractivity contribution in [3.63, 3.8) is 0 Å². The van der Waals surface area contributed by atoms with Crippen LogP contribution in [0.2, 0.25) is 0 Å². The van der Waals surface area contributed by atoms with Crippen LogP contribution in [-0.2, 0) is 25.6 Å². The molecule has 0 atom stereocenters. The fourth-order valence-corrected chi connectivity index (χ4v) is 2.09. The summed E-state index contributed by atoms with van der Waals surface area (Å²) < 4.78 is 10.0. The molecule has 0 aliphatic carbocycles. The van der Waals surface area contributed by atoms with Crippen molar-refractivity contribution in [2.45, 2.75) is 32.7 Å². The molecular formula is C18H21NO8. The summed E-state index contributed by atoms with van der Waals surface area (Å²) in [7, 11) is 1.16. The van der Waals surface area contributed by atoms with Crippen LogP contribution < -0.4 is 11.1 Å². The molecule has 1 rings (SSSR count). The number of ether oxygens (including phenoxy) is 2. The molecule has 0 aliphatic heterocycles. The second kappa shape index (κ2) is 10.7. The first kappa shape index (κ1) is 21.8. The van der Waals surface area contributed by atoms with Crippen molar-refractivity contribution >= 4 is 24.3 Å². The van der Waals surface area contributed by atoms with Crippen LogP contribution in [0.1, 0.15) is 42.1 Å². The SMILES string of the molecule is CCCOC(=O)C/C=C\c1c(O)cc(C=O)c(=O)n(CCC(=O)OC)c1=O. The number of nitrogens with zero attached hydrogens (tertiary/aromatic N) is 1. The van der Waals surface area contributed by atoms with E-state index in [0.29, 0.717) is 11.0 Å². The molecular weight excluding hydrogens is 358 g/mol. The zero-order valence-corrected chi connectivity index (χ0v) is 15.1. The molecule has 1 aromatic rings. The third-order valence-corrected chi connectivity index (χ3v) is 3.47. The summed E-state index contributed by atoms with van der Waals surface area (Å²) in [6.07, 6.45) is 2.89. The van der Waals surface area contributed by atoms with Crippen molar-refractivity contribution in [1.82, 2.24) is 4.57 Å². The van der Waals surface area contributed by atoms with Gasteiger partial charge < -0.3 is 14.6 Å². The van der Waals surface area contributed by atoms with E-state index in [-0.39, 0.29) is 37.8 Å². The molecule has 0 saturated carbocycles. The van der Waals surface area contributed by atoms with E-state index >= 15 is 0 Å². The van der Waals surface area contributed by atoms with Gasteiger partial charge in [-0.15, -0.1) is 0 Å². The van der Waals surface area contributed by atoms with Gasteiger partial charge in [-0.3, -0.25) is 28.5 Å². The second-order valence-electron chi connectivity index (χ2n) is 5.43. The summed E-state index contributed by atoms with van der Waals surface area (Å²) in [5, 5.41) is 10.1. The minimum atomic E-state index is -0.948. The molecule has 1 N–H and O–H groups in total. The standard InChI is InChI=1S/C18H21NO8/c1-3-9-27-16(23)6-4-5-13-14(21)10-12(11-20)17(24)19(18(13)25)8-7-15(22)26-2/h4-5,10-11,21H,3,6-9H2,1-2H3/b5-4-. The first-order valence-electron chi connectivity index (χ1n) is 8.20. The Kier molecular flexibility index (Phi) is 8.64. The van der Waals surface area contributed by atoms with Crippen molar-refractivity contribution in [2.75, 3.05) is 13.7 Å². The van der Waals surface area contributed by atoms with E-state index in [9.17, 15) is 29.1 Å². The fraction of sp³-hybridized carbons (Fsp3) is 0.389. The number of carbonyl (C=O) groups is 3. The molecule has 1 aromatic heterocycles. The zero-order valence-electron chi connectivity index (χ0n) is 15.1. The van der Waals surface area contributed by atoms with Crippen molar-refractivity contribution in [1.29, 1.82) is 0 Å². The fourth-order valence-electron chi connectivity index (χ4n) is 2.09. The number of carbonyl (C=O) groups excluding carboxylic acids is 3. The van der Waals surface area contributed by atoms with Crippen molar-refractivity contribution in [3.05, 3.63) is 44.0 Å². The maximum atomic E-state index is 12.6. The van der Waals surface area contributed by atoms with Gasteiger partial charge in [0.15, 0.2) is 6.29 Å². The smallest absolute Gasteiger partial charge is 0.309 e. The summed E-state index contributed by atoms with van der Waals surface area (Å²) in [6.45, 7) is 1.77. The summed E-state index contributed by atoms with van der Waals surface area (Å²) in [6, 6.07) is 0.862. The molecule has 9 heteroatoms. The third-order valence-electron chi connectivity index (χ3n) is 3.47. The first-order chi connectivity index (χ1) is 12.8. The molecule has 1 heterocycles. The Bertz CT molecular complexity index is 854. The molecule has 0 aliphatic rings. The maximum absolute atomic E-state index is 12.6. The van der Waals surface area contributed by atoms with E-state index in [1.54, 1.807) is 0 Å². The Morgan fingerprint density at radius 2 is 1.93 bits per heavy atom. The van der Waals surface area contributed by atoms with E-state index in [1.807, 2.05) is 6.92 Å². The van der Waals surface area contributed by atoms with E-state index in [4.69, 9.17) is 4.74 Å².